The van der Waals surface area contributed by atoms with Crippen molar-refractivity contribution >= 4 is 22.8 Å². The van der Waals surface area contributed by atoms with E-state index < -0.39 is 5.82 Å². The fraction of sp³-hybridized carbons (Fsp3) is 0.182. The number of anilines is 1. The Balaban J connectivity index is 1.63. The fourth-order valence-corrected chi connectivity index (χ4v) is 3.48. The van der Waals surface area contributed by atoms with Gasteiger partial charge in [0.15, 0.2) is 0 Å². The largest absolute Gasteiger partial charge is 0.406 e. The third-order valence-corrected chi connectivity index (χ3v) is 5.00. The van der Waals surface area contributed by atoms with E-state index in [-0.39, 0.29) is 48.6 Å². The van der Waals surface area contributed by atoms with Crippen molar-refractivity contribution in [1.82, 2.24) is 19.7 Å². The summed E-state index contributed by atoms with van der Waals surface area (Å²) in [6, 6.07) is 13.7. The van der Waals surface area contributed by atoms with Gasteiger partial charge in [-0.25, -0.2) is 4.39 Å². The number of carbonyl (C=O) groups is 1. The van der Waals surface area contributed by atoms with Crippen molar-refractivity contribution in [3.63, 3.8) is 0 Å². The van der Waals surface area contributed by atoms with Crippen molar-refractivity contribution in [2.45, 2.75) is 26.6 Å². The van der Waals surface area contributed by atoms with Crippen LogP contribution in [0.15, 0.2) is 53.1 Å². The van der Waals surface area contributed by atoms with Gasteiger partial charge in [-0.1, -0.05) is 29.4 Å². The second-order valence-electron chi connectivity index (χ2n) is 7.16. The summed E-state index contributed by atoms with van der Waals surface area (Å²) in [6.07, 6.45) is 1.91. The molecule has 0 atom stereocenters. The molecule has 4 rings (SSSR count). The Bertz CT molecular complexity index is 1300. The summed E-state index contributed by atoms with van der Waals surface area (Å²) in [7, 11) is 0. The smallest absolute Gasteiger partial charge is 0.312 e. The Hall–Kier alpha value is -4.19. The maximum absolute atomic E-state index is 14.5. The number of aryl methyl sites for hydroxylation is 1. The number of amides is 1. The number of nitrogens with two attached hydrogens (primary N) is 1. The maximum atomic E-state index is 14.5. The minimum atomic E-state index is -0.566. The van der Waals surface area contributed by atoms with E-state index in [9.17, 15) is 9.18 Å². The summed E-state index contributed by atoms with van der Waals surface area (Å²) in [5.41, 5.74) is 7.95. The lowest BCUT2D eigenvalue weighted by atomic mass is 10.1. The minimum Gasteiger partial charge on any atom is -0.406 e. The highest BCUT2D eigenvalue weighted by Crippen LogP contribution is 2.21. The van der Waals surface area contributed by atoms with Crippen molar-refractivity contribution in [2.75, 3.05) is 5.73 Å². The highest BCUT2D eigenvalue weighted by Gasteiger charge is 2.21. The van der Waals surface area contributed by atoms with Crippen LogP contribution in [0.3, 0.4) is 0 Å². The van der Waals surface area contributed by atoms with Crippen LogP contribution >= 0.6 is 0 Å². The predicted octanol–water partition coefficient (Wildman–Crippen LogP) is 3.15. The number of para-hydroxylation sites is 1. The molecule has 8 nitrogen and oxygen atoms in total. The minimum absolute atomic E-state index is 0.0271. The molecule has 0 radical (unpaired) electrons. The number of aromatic nitrogens is 3. The van der Waals surface area contributed by atoms with Gasteiger partial charge in [0.2, 0.25) is 11.8 Å². The molecular formula is C22H19FN6O2. The van der Waals surface area contributed by atoms with E-state index in [0.29, 0.717) is 0 Å². The van der Waals surface area contributed by atoms with Crippen molar-refractivity contribution in [1.29, 1.82) is 5.26 Å². The highest BCUT2D eigenvalue weighted by molar-refractivity contribution is 5.86. The van der Waals surface area contributed by atoms with Crippen molar-refractivity contribution < 1.29 is 13.6 Å². The number of fused-ring (bicyclic) bond motifs is 1. The number of nitriles is 1. The van der Waals surface area contributed by atoms with Gasteiger partial charge in [0.05, 0.1) is 18.2 Å². The number of hydrogen-bond acceptors (Lipinski definition) is 6. The van der Waals surface area contributed by atoms with Crippen LogP contribution in [0.5, 0.6) is 0 Å². The molecular weight excluding hydrogens is 399 g/mol. The van der Waals surface area contributed by atoms with Gasteiger partial charge < -0.3 is 19.6 Å². The van der Waals surface area contributed by atoms with E-state index in [1.807, 2.05) is 48.0 Å². The summed E-state index contributed by atoms with van der Waals surface area (Å²) >= 11 is 0. The van der Waals surface area contributed by atoms with Crippen LogP contribution in [-0.2, 0) is 24.4 Å². The molecule has 9 heteroatoms. The zero-order valence-electron chi connectivity index (χ0n) is 16.7. The quantitative estimate of drug-likeness (QED) is 0.514. The number of hydrogen-bond donors (Lipinski definition) is 1. The Labute approximate surface area is 177 Å². The second kappa shape index (κ2) is 8.28. The van der Waals surface area contributed by atoms with E-state index >= 15 is 0 Å². The van der Waals surface area contributed by atoms with E-state index in [0.717, 1.165) is 22.5 Å². The van der Waals surface area contributed by atoms with Gasteiger partial charge in [-0.3, -0.25) is 4.79 Å². The summed E-state index contributed by atoms with van der Waals surface area (Å²) in [5.74, 6) is -0.682. The van der Waals surface area contributed by atoms with Crippen LogP contribution < -0.4 is 5.73 Å². The molecule has 2 aromatic carbocycles. The molecule has 1 amide bonds. The van der Waals surface area contributed by atoms with Gasteiger partial charge in [0.25, 0.3) is 0 Å². The number of rotatable bonds is 6. The number of halogens is 1. The number of nitrogens with zero attached hydrogens (tertiary/aromatic N) is 5. The topological polar surface area (TPSA) is 114 Å². The van der Waals surface area contributed by atoms with E-state index in [4.69, 9.17) is 15.4 Å². The van der Waals surface area contributed by atoms with Gasteiger partial charge in [0.1, 0.15) is 12.4 Å². The predicted molar refractivity (Wildman–Crippen MR) is 111 cm³/mol. The molecule has 0 aliphatic heterocycles. The zero-order chi connectivity index (χ0) is 22.0. The molecule has 0 fully saturated rings. The first-order chi connectivity index (χ1) is 14.9. The molecule has 0 aliphatic carbocycles. The van der Waals surface area contributed by atoms with Gasteiger partial charge in [-0.2, -0.15) is 5.26 Å². The van der Waals surface area contributed by atoms with Crippen LogP contribution in [0.25, 0.3) is 10.9 Å². The van der Waals surface area contributed by atoms with Gasteiger partial charge in [-0.05, 0) is 30.7 Å². The Morgan fingerprint density at radius 1 is 1.26 bits per heavy atom. The first-order valence-electron chi connectivity index (χ1n) is 9.53. The molecule has 0 aliphatic rings. The molecule has 0 saturated carbocycles. The van der Waals surface area contributed by atoms with E-state index in [1.54, 1.807) is 0 Å². The van der Waals surface area contributed by atoms with Crippen LogP contribution in [0.1, 0.15) is 22.6 Å². The molecule has 0 spiro atoms. The normalized spacial score (nSPS) is 10.9. The first kappa shape index (κ1) is 20.1. The Morgan fingerprint density at radius 3 is 2.77 bits per heavy atom. The molecule has 31 heavy (non-hydrogen) atoms. The third kappa shape index (κ3) is 4.23. The van der Waals surface area contributed by atoms with E-state index in [2.05, 4.69) is 10.2 Å². The lowest BCUT2D eigenvalue weighted by Gasteiger charge is -2.22. The van der Waals surface area contributed by atoms with Gasteiger partial charge in [-0.15, -0.1) is 5.10 Å². The summed E-state index contributed by atoms with van der Waals surface area (Å²) in [4.78, 5) is 14.6. The highest BCUT2D eigenvalue weighted by atomic mass is 19.1. The Kier molecular flexibility index (Phi) is 5.37. The van der Waals surface area contributed by atoms with Gasteiger partial charge in [0, 0.05) is 29.2 Å². The molecule has 2 N–H and O–H groups in total. The average Bonchev–Trinajstić information content (AvgIpc) is 3.31. The first-order valence-corrected chi connectivity index (χ1v) is 9.53. The summed E-state index contributed by atoms with van der Waals surface area (Å²) in [5, 5.41) is 17.4. The lowest BCUT2D eigenvalue weighted by Crippen LogP contribution is -2.33. The zero-order valence-corrected chi connectivity index (χ0v) is 16.7. The van der Waals surface area contributed by atoms with E-state index in [1.165, 1.54) is 17.0 Å². The number of benzene rings is 2. The standard InChI is InChI=1S/C22H19FN6O2/c1-14-10-28(19-5-3-2-4-17(14)19)13-21(30)29(12-20-26-27-22(25)31-20)11-16-7-6-15(9-24)8-18(16)23/h2-8,10H,11-13H2,1H3,(H2,25,27). The molecule has 2 aromatic heterocycles. The number of nitrogen functional groups attached to an aromatic ring is 1. The molecule has 156 valence electrons. The molecule has 0 unspecified atom stereocenters. The summed E-state index contributed by atoms with van der Waals surface area (Å²) < 4.78 is 21.5. The van der Waals surface area contributed by atoms with Gasteiger partial charge >= 0.3 is 6.01 Å². The average molecular weight is 418 g/mol. The van der Waals surface area contributed by atoms with Crippen LogP contribution in [0.2, 0.25) is 0 Å². The van der Waals surface area contributed by atoms with Crippen LogP contribution in [0, 0.1) is 24.1 Å². The Morgan fingerprint density at radius 2 is 2.06 bits per heavy atom. The molecule has 4 aromatic rings. The molecule has 0 saturated heterocycles. The van der Waals surface area contributed by atoms with Crippen LogP contribution in [0.4, 0.5) is 10.4 Å². The second-order valence-corrected chi connectivity index (χ2v) is 7.16. The lowest BCUT2D eigenvalue weighted by molar-refractivity contribution is -0.133. The third-order valence-electron chi connectivity index (χ3n) is 5.00. The van der Waals surface area contributed by atoms with Crippen molar-refractivity contribution in [3.8, 4) is 6.07 Å². The number of carbonyl (C=O) groups excluding carboxylic acids is 1. The fourth-order valence-electron chi connectivity index (χ4n) is 3.48. The summed E-state index contributed by atoms with van der Waals surface area (Å²) in [6.45, 7) is 1.97. The molecule has 0 bridgehead atoms. The monoisotopic (exact) mass is 418 g/mol. The van der Waals surface area contributed by atoms with Crippen LogP contribution in [-0.4, -0.2) is 25.6 Å². The SMILES string of the molecule is Cc1cn(CC(=O)N(Cc2nnc(N)o2)Cc2ccc(C#N)cc2F)c2ccccc12. The van der Waals surface area contributed by atoms with Crippen molar-refractivity contribution in [3.05, 3.63) is 77.1 Å². The van der Waals surface area contributed by atoms with Crippen molar-refractivity contribution in [2.24, 2.45) is 0 Å². The maximum Gasteiger partial charge on any atom is 0.312 e. The molecule has 2 heterocycles.